The minimum absolute atomic E-state index is 0.190. The third kappa shape index (κ3) is 2.37. The molecular formula is C12H10N4OS2. The number of thiophene rings is 1. The van der Waals surface area contributed by atoms with Gasteiger partial charge in [-0.2, -0.15) is 22.1 Å². The molecule has 0 aromatic carbocycles. The molecule has 2 N–H and O–H groups in total. The van der Waals surface area contributed by atoms with Crippen LogP contribution < -0.4 is 5.32 Å². The van der Waals surface area contributed by atoms with Crippen LogP contribution in [0.25, 0.3) is 0 Å². The number of aromatic amines is 1. The van der Waals surface area contributed by atoms with Gasteiger partial charge in [0.25, 0.3) is 5.91 Å². The number of rotatable bonds is 2. The number of anilines is 1. The number of aryl methyl sites for hydroxylation is 1. The van der Waals surface area contributed by atoms with E-state index in [4.69, 9.17) is 5.26 Å². The Balaban J connectivity index is 1.81. The van der Waals surface area contributed by atoms with Crippen molar-refractivity contribution in [2.75, 3.05) is 11.1 Å². The van der Waals surface area contributed by atoms with Crippen LogP contribution in [0, 0.1) is 11.3 Å². The zero-order valence-electron chi connectivity index (χ0n) is 9.90. The molecule has 96 valence electrons. The van der Waals surface area contributed by atoms with Gasteiger partial charge in [-0.05, 0) is 23.8 Å². The van der Waals surface area contributed by atoms with Crippen LogP contribution in [0.4, 0.5) is 5.82 Å². The third-order valence-corrected chi connectivity index (χ3v) is 5.09. The minimum atomic E-state index is -0.190. The van der Waals surface area contributed by atoms with Crippen molar-refractivity contribution >= 4 is 34.8 Å². The molecule has 0 bridgehead atoms. The number of H-pyrrole nitrogens is 1. The molecule has 1 aliphatic heterocycles. The van der Waals surface area contributed by atoms with Gasteiger partial charge in [0.2, 0.25) is 0 Å². The number of carbonyl (C=O) groups is 1. The Labute approximate surface area is 118 Å². The Morgan fingerprint density at radius 3 is 3.26 bits per heavy atom. The number of fused-ring (bicyclic) bond motifs is 1. The molecule has 0 spiro atoms. The summed E-state index contributed by atoms with van der Waals surface area (Å²) in [6.07, 6.45) is 2.43. The molecule has 0 saturated heterocycles. The molecule has 0 fully saturated rings. The summed E-state index contributed by atoms with van der Waals surface area (Å²) in [7, 11) is 0. The van der Waals surface area contributed by atoms with Crippen molar-refractivity contribution in [2.24, 2.45) is 0 Å². The molecule has 2 aromatic heterocycles. The van der Waals surface area contributed by atoms with Crippen LogP contribution in [-0.2, 0) is 12.2 Å². The van der Waals surface area contributed by atoms with Gasteiger partial charge in [-0.15, -0.1) is 11.3 Å². The molecule has 0 aliphatic carbocycles. The van der Waals surface area contributed by atoms with Crippen molar-refractivity contribution in [3.8, 4) is 6.07 Å². The lowest BCUT2D eigenvalue weighted by molar-refractivity contribution is 0.103. The number of nitrogens with zero attached hydrogens (tertiary/aromatic N) is 2. The summed E-state index contributed by atoms with van der Waals surface area (Å²) in [5, 5.41) is 17.9. The molecule has 0 atom stereocenters. The highest BCUT2D eigenvalue weighted by Gasteiger charge is 2.18. The molecule has 5 nitrogen and oxygen atoms in total. The predicted octanol–water partition coefficient (Wildman–Crippen LogP) is 2.38. The van der Waals surface area contributed by atoms with Crippen molar-refractivity contribution in [2.45, 2.75) is 12.2 Å². The standard InChI is InChI=1S/C12H10N4OS2/c13-4-8-5-14-16-11(8)15-12(17)10-3-7-6-18-2-1-9(7)19-10/h3,5H,1-2,6H2,(H2,14,15,16,17). The van der Waals surface area contributed by atoms with E-state index in [2.05, 4.69) is 15.5 Å². The predicted molar refractivity (Wildman–Crippen MR) is 75.4 cm³/mol. The summed E-state index contributed by atoms with van der Waals surface area (Å²) >= 11 is 3.43. The summed E-state index contributed by atoms with van der Waals surface area (Å²) in [6.45, 7) is 0. The first kappa shape index (κ1) is 12.3. The normalized spacial score (nSPS) is 13.6. The molecule has 19 heavy (non-hydrogen) atoms. The Morgan fingerprint density at radius 2 is 2.47 bits per heavy atom. The van der Waals surface area contributed by atoms with Gasteiger partial charge in [0, 0.05) is 10.6 Å². The number of carbonyl (C=O) groups excluding carboxylic acids is 1. The highest BCUT2D eigenvalue weighted by atomic mass is 32.2. The van der Waals surface area contributed by atoms with Gasteiger partial charge >= 0.3 is 0 Å². The summed E-state index contributed by atoms with van der Waals surface area (Å²) in [6, 6.07) is 3.92. The molecule has 3 rings (SSSR count). The molecule has 0 radical (unpaired) electrons. The van der Waals surface area contributed by atoms with E-state index in [0.29, 0.717) is 16.3 Å². The maximum absolute atomic E-state index is 12.1. The van der Waals surface area contributed by atoms with E-state index in [-0.39, 0.29) is 5.91 Å². The lowest BCUT2D eigenvalue weighted by atomic mass is 10.2. The van der Waals surface area contributed by atoms with E-state index in [1.54, 1.807) is 0 Å². The van der Waals surface area contributed by atoms with Crippen LogP contribution in [0.3, 0.4) is 0 Å². The molecule has 0 unspecified atom stereocenters. The monoisotopic (exact) mass is 290 g/mol. The zero-order valence-corrected chi connectivity index (χ0v) is 11.5. The maximum Gasteiger partial charge on any atom is 0.266 e. The molecule has 0 saturated carbocycles. The topological polar surface area (TPSA) is 81.6 Å². The fourth-order valence-electron chi connectivity index (χ4n) is 1.90. The van der Waals surface area contributed by atoms with Crippen LogP contribution in [0.2, 0.25) is 0 Å². The van der Waals surface area contributed by atoms with Crippen LogP contribution in [0.15, 0.2) is 12.3 Å². The van der Waals surface area contributed by atoms with E-state index in [1.165, 1.54) is 28.0 Å². The van der Waals surface area contributed by atoms with Crippen molar-refractivity contribution in [1.29, 1.82) is 5.26 Å². The quantitative estimate of drug-likeness (QED) is 0.889. The van der Waals surface area contributed by atoms with E-state index < -0.39 is 0 Å². The van der Waals surface area contributed by atoms with Gasteiger partial charge < -0.3 is 5.32 Å². The van der Waals surface area contributed by atoms with Gasteiger partial charge in [0.15, 0.2) is 0 Å². The largest absolute Gasteiger partial charge is 0.305 e. The lowest BCUT2D eigenvalue weighted by Crippen LogP contribution is -2.11. The van der Waals surface area contributed by atoms with Gasteiger partial charge in [-0.3, -0.25) is 9.89 Å². The number of thioether (sulfide) groups is 1. The summed E-state index contributed by atoms with van der Waals surface area (Å²) in [4.78, 5) is 14.1. The SMILES string of the molecule is N#Cc1cn[nH]c1NC(=O)c1cc2c(s1)CCSC2. The van der Waals surface area contributed by atoms with Crippen molar-refractivity contribution in [3.05, 3.63) is 33.1 Å². The minimum Gasteiger partial charge on any atom is -0.305 e. The smallest absolute Gasteiger partial charge is 0.266 e. The number of nitrogens with one attached hydrogen (secondary N) is 2. The average molecular weight is 290 g/mol. The molecule has 7 heteroatoms. The molecular weight excluding hydrogens is 280 g/mol. The van der Waals surface area contributed by atoms with E-state index in [0.717, 1.165) is 17.9 Å². The van der Waals surface area contributed by atoms with E-state index in [1.807, 2.05) is 23.9 Å². The van der Waals surface area contributed by atoms with E-state index in [9.17, 15) is 4.79 Å². The molecule has 1 amide bonds. The summed E-state index contributed by atoms with van der Waals surface area (Å²) in [5.74, 6) is 2.26. The second-order valence-electron chi connectivity index (χ2n) is 4.09. The lowest BCUT2D eigenvalue weighted by Gasteiger charge is -2.08. The maximum atomic E-state index is 12.1. The van der Waals surface area contributed by atoms with Gasteiger partial charge in [0.1, 0.15) is 17.5 Å². The van der Waals surface area contributed by atoms with Crippen molar-refractivity contribution < 1.29 is 4.79 Å². The zero-order chi connectivity index (χ0) is 13.2. The highest BCUT2D eigenvalue weighted by Crippen LogP contribution is 2.32. The number of hydrogen-bond donors (Lipinski definition) is 2. The second-order valence-corrected chi connectivity index (χ2v) is 6.33. The Bertz CT molecular complexity index is 644. The first-order valence-electron chi connectivity index (χ1n) is 5.72. The Hall–Kier alpha value is -1.78. The van der Waals surface area contributed by atoms with Gasteiger partial charge in [0.05, 0.1) is 11.1 Å². The third-order valence-electron chi connectivity index (χ3n) is 2.85. The van der Waals surface area contributed by atoms with Crippen molar-refractivity contribution in [3.63, 3.8) is 0 Å². The number of amides is 1. The molecule has 2 aromatic rings. The van der Waals surface area contributed by atoms with Crippen LogP contribution in [-0.4, -0.2) is 21.9 Å². The first-order chi connectivity index (χ1) is 9.28. The second kappa shape index (κ2) is 5.07. The fourth-order valence-corrected chi connectivity index (χ4v) is 4.17. The Kier molecular flexibility index (Phi) is 3.27. The fraction of sp³-hybridized carbons (Fsp3) is 0.250. The molecule has 3 heterocycles. The van der Waals surface area contributed by atoms with Crippen LogP contribution in [0.5, 0.6) is 0 Å². The summed E-state index contributed by atoms with van der Waals surface area (Å²) in [5.41, 5.74) is 1.60. The average Bonchev–Trinajstić information content (AvgIpc) is 3.03. The number of aromatic nitrogens is 2. The number of hydrogen-bond acceptors (Lipinski definition) is 5. The van der Waals surface area contributed by atoms with Gasteiger partial charge in [-0.25, -0.2) is 0 Å². The van der Waals surface area contributed by atoms with E-state index >= 15 is 0 Å². The van der Waals surface area contributed by atoms with Gasteiger partial charge in [-0.1, -0.05) is 0 Å². The van der Waals surface area contributed by atoms with Crippen molar-refractivity contribution in [1.82, 2.24) is 10.2 Å². The highest BCUT2D eigenvalue weighted by molar-refractivity contribution is 7.98. The number of nitriles is 1. The first-order valence-corrected chi connectivity index (χ1v) is 7.69. The molecule has 1 aliphatic rings. The van der Waals surface area contributed by atoms with Crippen LogP contribution in [0.1, 0.15) is 25.7 Å². The van der Waals surface area contributed by atoms with Crippen LogP contribution >= 0.6 is 23.1 Å². The summed E-state index contributed by atoms with van der Waals surface area (Å²) < 4.78 is 0. The Morgan fingerprint density at radius 1 is 1.58 bits per heavy atom.